The van der Waals surface area contributed by atoms with Crippen LogP contribution in [0.3, 0.4) is 0 Å². The van der Waals surface area contributed by atoms with Gasteiger partial charge in [0, 0.05) is 45.7 Å². The Morgan fingerprint density at radius 1 is 0.900 bits per heavy atom. The molecule has 0 saturated carbocycles. The number of hydrogen-bond donors (Lipinski definition) is 0. The molecule has 20 heavy (non-hydrogen) atoms. The molecular weight excluding hydrogens is 250 g/mol. The Bertz CT molecular complexity index is 440. The van der Waals surface area contributed by atoms with Crippen LogP contribution in [0.5, 0.6) is 0 Å². The fourth-order valence-electron chi connectivity index (χ4n) is 3.03. The lowest BCUT2D eigenvalue weighted by molar-refractivity contribution is -0.129. The minimum Gasteiger partial charge on any atom is -0.330 e. The molecule has 0 unspecified atom stereocenters. The summed E-state index contributed by atoms with van der Waals surface area (Å²) in [5, 5.41) is 0. The first-order chi connectivity index (χ1) is 9.81. The third kappa shape index (κ3) is 3.38. The van der Waals surface area contributed by atoms with Crippen LogP contribution in [-0.2, 0) is 11.3 Å². The summed E-state index contributed by atoms with van der Waals surface area (Å²) in [6.07, 6.45) is 1.78. The van der Waals surface area contributed by atoms with Gasteiger partial charge in [0.15, 0.2) is 0 Å². The molecule has 108 valence electrons. The standard InChI is InChI=1S/C16H23N3O/c20-16-7-4-8-19(16)14-18-11-9-17(10-12-18)13-15-5-2-1-3-6-15/h1-3,5-6H,4,7-14H2. The molecule has 2 saturated heterocycles. The highest BCUT2D eigenvalue weighted by Gasteiger charge is 2.24. The first-order valence-electron chi connectivity index (χ1n) is 7.58. The molecule has 0 radical (unpaired) electrons. The van der Waals surface area contributed by atoms with Crippen molar-refractivity contribution in [3.63, 3.8) is 0 Å². The lowest BCUT2D eigenvalue weighted by atomic mass is 10.2. The highest BCUT2D eigenvalue weighted by atomic mass is 16.2. The van der Waals surface area contributed by atoms with E-state index in [1.165, 1.54) is 5.56 Å². The molecule has 4 nitrogen and oxygen atoms in total. The van der Waals surface area contributed by atoms with E-state index in [0.29, 0.717) is 5.91 Å². The van der Waals surface area contributed by atoms with Gasteiger partial charge in [-0.1, -0.05) is 30.3 Å². The molecule has 1 aromatic carbocycles. The van der Waals surface area contributed by atoms with Crippen molar-refractivity contribution >= 4 is 5.91 Å². The van der Waals surface area contributed by atoms with E-state index in [1.807, 2.05) is 4.90 Å². The average molecular weight is 273 g/mol. The Balaban J connectivity index is 1.44. The summed E-state index contributed by atoms with van der Waals surface area (Å²) in [5.74, 6) is 0.330. The van der Waals surface area contributed by atoms with E-state index in [2.05, 4.69) is 40.1 Å². The smallest absolute Gasteiger partial charge is 0.223 e. The van der Waals surface area contributed by atoms with E-state index in [9.17, 15) is 4.79 Å². The zero-order chi connectivity index (χ0) is 13.8. The SMILES string of the molecule is O=C1CCCN1CN1CCN(Cc2ccccc2)CC1. The predicted octanol–water partition coefficient (Wildman–Crippen LogP) is 1.38. The normalized spacial score (nSPS) is 21.6. The number of benzene rings is 1. The van der Waals surface area contributed by atoms with Crippen LogP contribution in [0.25, 0.3) is 0 Å². The maximum absolute atomic E-state index is 11.6. The Kier molecular flexibility index (Phi) is 4.33. The van der Waals surface area contributed by atoms with Crippen LogP contribution >= 0.6 is 0 Å². The highest BCUT2D eigenvalue weighted by molar-refractivity contribution is 5.77. The van der Waals surface area contributed by atoms with Crippen molar-refractivity contribution in [3.8, 4) is 0 Å². The van der Waals surface area contributed by atoms with Crippen molar-refractivity contribution in [2.45, 2.75) is 19.4 Å². The van der Waals surface area contributed by atoms with Crippen LogP contribution in [0, 0.1) is 0 Å². The maximum atomic E-state index is 11.6. The zero-order valence-corrected chi connectivity index (χ0v) is 12.0. The molecule has 0 aromatic heterocycles. The molecule has 3 rings (SSSR count). The van der Waals surface area contributed by atoms with Gasteiger partial charge in [-0.05, 0) is 12.0 Å². The van der Waals surface area contributed by atoms with Crippen molar-refractivity contribution in [1.82, 2.24) is 14.7 Å². The zero-order valence-electron chi connectivity index (χ0n) is 12.0. The van der Waals surface area contributed by atoms with Gasteiger partial charge in [0.25, 0.3) is 0 Å². The van der Waals surface area contributed by atoms with Crippen LogP contribution in [0.1, 0.15) is 18.4 Å². The monoisotopic (exact) mass is 273 g/mol. The molecule has 1 aromatic rings. The van der Waals surface area contributed by atoms with Gasteiger partial charge >= 0.3 is 0 Å². The average Bonchev–Trinajstić information content (AvgIpc) is 2.88. The molecule has 2 fully saturated rings. The molecule has 0 spiro atoms. The van der Waals surface area contributed by atoms with Gasteiger partial charge in [0.2, 0.25) is 5.91 Å². The second-order valence-corrected chi connectivity index (χ2v) is 5.78. The van der Waals surface area contributed by atoms with Gasteiger partial charge in [-0.25, -0.2) is 0 Å². The van der Waals surface area contributed by atoms with Gasteiger partial charge in [0.05, 0.1) is 6.67 Å². The van der Waals surface area contributed by atoms with Crippen LogP contribution < -0.4 is 0 Å². The van der Waals surface area contributed by atoms with Crippen molar-refractivity contribution in [2.75, 3.05) is 39.4 Å². The molecule has 0 aliphatic carbocycles. The number of piperazine rings is 1. The van der Waals surface area contributed by atoms with E-state index >= 15 is 0 Å². The Morgan fingerprint density at radius 2 is 1.60 bits per heavy atom. The van der Waals surface area contributed by atoms with Gasteiger partial charge in [-0.2, -0.15) is 0 Å². The highest BCUT2D eigenvalue weighted by Crippen LogP contribution is 2.13. The number of amides is 1. The largest absolute Gasteiger partial charge is 0.330 e. The summed E-state index contributed by atoms with van der Waals surface area (Å²) in [7, 11) is 0. The van der Waals surface area contributed by atoms with E-state index in [4.69, 9.17) is 0 Å². The molecule has 0 atom stereocenters. The summed E-state index contributed by atoms with van der Waals surface area (Å²) in [6.45, 7) is 7.14. The molecule has 2 aliphatic rings. The predicted molar refractivity (Wildman–Crippen MR) is 79.1 cm³/mol. The molecular formula is C16H23N3O. The fraction of sp³-hybridized carbons (Fsp3) is 0.562. The Labute approximate surface area is 121 Å². The van der Waals surface area contributed by atoms with Crippen LogP contribution in [-0.4, -0.2) is 60.0 Å². The second kappa shape index (κ2) is 6.37. The summed E-state index contributed by atoms with van der Waals surface area (Å²) in [6, 6.07) is 10.6. The molecule has 2 heterocycles. The van der Waals surface area contributed by atoms with Crippen molar-refractivity contribution in [1.29, 1.82) is 0 Å². The van der Waals surface area contributed by atoms with Gasteiger partial charge in [-0.3, -0.25) is 14.6 Å². The van der Waals surface area contributed by atoms with Crippen molar-refractivity contribution in [3.05, 3.63) is 35.9 Å². The quantitative estimate of drug-likeness (QED) is 0.829. The van der Waals surface area contributed by atoms with Crippen molar-refractivity contribution < 1.29 is 4.79 Å². The number of nitrogens with zero attached hydrogens (tertiary/aromatic N) is 3. The topological polar surface area (TPSA) is 26.8 Å². The number of hydrogen-bond acceptors (Lipinski definition) is 3. The third-order valence-corrected chi connectivity index (χ3v) is 4.26. The van der Waals surface area contributed by atoms with Crippen molar-refractivity contribution in [2.24, 2.45) is 0 Å². The first kappa shape index (κ1) is 13.6. The van der Waals surface area contributed by atoms with E-state index < -0.39 is 0 Å². The number of carbonyl (C=O) groups is 1. The minimum atomic E-state index is 0.330. The van der Waals surface area contributed by atoms with Gasteiger partial charge < -0.3 is 4.90 Å². The minimum absolute atomic E-state index is 0.330. The van der Waals surface area contributed by atoms with E-state index in [0.717, 1.165) is 58.8 Å². The summed E-state index contributed by atoms with van der Waals surface area (Å²) < 4.78 is 0. The maximum Gasteiger partial charge on any atom is 0.223 e. The molecule has 1 amide bonds. The van der Waals surface area contributed by atoms with Gasteiger partial charge in [0.1, 0.15) is 0 Å². The number of carbonyl (C=O) groups excluding carboxylic acids is 1. The van der Waals surface area contributed by atoms with Crippen LogP contribution in [0.2, 0.25) is 0 Å². The van der Waals surface area contributed by atoms with Crippen LogP contribution in [0.4, 0.5) is 0 Å². The molecule has 0 bridgehead atoms. The lowest BCUT2D eigenvalue weighted by Gasteiger charge is -2.36. The lowest BCUT2D eigenvalue weighted by Crippen LogP contribution is -2.49. The number of likely N-dealkylation sites (tertiary alicyclic amines) is 1. The Hall–Kier alpha value is -1.39. The Morgan fingerprint density at radius 3 is 2.25 bits per heavy atom. The second-order valence-electron chi connectivity index (χ2n) is 5.78. The molecule has 0 N–H and O–H groups in total. The third-order valence-electron chi connectivity index (χ3n) is 4.26. The van der Waals surface area contributed by atoms with Gasteiger partial charge in [-0.15, -0.1) is 0 Å². The van der Waals surface area contributed by atoms with Crippen LogP contribution in [0.15, 0.2) is 30.3 Å². The molecule has 2 aliphatic heterocycles. The summed E-state index contributed by atoms with van der Waals surface area (Å²) >= 11 is 0. The molecule has 4 heteroatoms. The van der Waals surface area contributed by atoms with E-state index in [1.54, 1.807) is 0 Å². The summed E-state index contributed by atoms with van der Waals surface area (Å²) in [4.78, 5) is 18.6. The van der Waals surface area contributed by atoms with E-state index in [-0.39, 0.29) is 0 Å². The fourth-order valence-corrected chi connectivity index (χ4v) is 3.03. The number of rotatable bonds is 4. The summed E-state index contributed by atoms with van der Waals surface area (Å²) in [5.41, 5.74) is 1.38. The first-order valence-corrected chi connectivity index (χ1v) is 7.58.